The second-order valence-electron chi connectivity index (χ2n) is 9.36. The summed E-state index contributed by atoms with van der Waals surface area (Å²) in [5.41, 5.74) is 0.987. The molecule has 0 aromatic carbocycles. The van der Waals surface area contributed by atoms with E-state index in [2.05, 4.69) is 26.5 Å². The van der Waals surface area contributed by atoms with Crippen LogP contribution in [0, 0.1) is 40.4 Å². The van der Waals surface area contributed by atoms with E-state index in [0.717, 1.165) is 36.5 Å². The monoisotopic (exact) mass is 300 g/mol. The molecule has 22 heavy (non-hydrogen) atoms. The van der Waals surface area contributed by atoms with E-state index in [4.69, 9.17) is 0 Å². The van der Waals surface area contributed by atoms with Gasteiger partial charge in [-0.25, -0.2) is 0 Å². The van der Waals surface area contributed by atoms with E-state index in [1.165, 1.54) is 44.9 Å². The number of rotatable bonds is 1. The minimum absolute atomic E-state index is 0.463. The van der Waals surface area contributed by atoms with Crippen LogP contribution in [0.15, 0.2) is 12.7 Å². The van der Waals surface area contributed by atoms with Crippen molar-refractivity contribution in [3.8, 4) is 0 Å². The van der Waals surface area contributed by atoms with Gasteiger partial charge in [0.1, 0.15) is 5.78 Å². The number of hydrogen-bond acceptors (Lipinski definition) is 1. The van der Waals surface area contributed by atoms with Crippen LogP contribution in [0.2, 0.25) is 0 Å². The van der Waals surface area contributed by atoms with Crippen LogP contribution in [0.25, 0.3) is 0 Å². The zero-order valence-electron chi connectivity index (χ0n) is 14.4. The number of allylic oxidation sites excluding steroid dienone is 1. The van der Waals surface area contributed by atoms with Crippen LogP contribution in [0.3, 0.4) is 0 Å². The summed E-state index contributed by atoms with van der Waals surface area (Å²) in [5, 5.41) is 0. The van der Waals surface area contributed by atoms with Gasteiger partial charge in [0.15, 0.2) is 0 Å². The molecule has 1 nitrogen and oxygen atoms in total. The van der Waals surface area contributed by atoms with Crippen molar-refractivity contribution in [1.82, 2.24) is 0 Å². The molecule has 0 radical (unpaired) electrons. The molecule has 122 valence electrons. The Morgan fingerprint density at radius 3 is 2.55 bits per heavy atom. The lowest BCUT2D eigenvalue weighted by Crippen LogP contribution is -2.53. The largest absolute Gasteiger partial charge is 0.300 e. The molecule has 0 N–H and O–H groups in total. The summed E-state index contributed by atoms with van der Waals surface area (Å²) in [5.74, 6) is 4.71. The van der Waals surface area contributed by atoms with Crippen molar-refractivity contribution >= 4 is 5.78 Å². The van der Waals surface area contributed by atoms with E-state index in [9.17, 15) is 4.79 Å². The molecule has 4 aliphatic carbocycles. The predicted octanol–water partition coefficient (Wildman–Crippen LogP) is 5.40. The van der Waals surface area contributed by atoms with Gasteiger partial charge in [-0.1, -0.05) is 19.9 Å². The third-order valence-corrected chi connectivity index (χ3v) is 8.84. The SMILES string of the molecule is C=C[C@H]1CCC2C3CCC4CC(=O)CC[C@]4(C)C3CC[C@@]21C. The summed E-state index contributed by atoms with van der Waals surface area (Å²) in [7, 11) is 0. The normalized spacial score (nSPS) is 54.3. The molecule has 4 fully saturated rings. The maximum Gasteiger partial charge on any atom is 0.133 e. The van der Waals surface area contributed by atoms with Crippen molar-refractivity contribution in [2.45, 2.75) is 71.6 Å². The van der Waals surface area contributed by atoms with Gasteiger partial charge in [0.2, 0.25) is 0 Å². The van der Waals surface area contributed by atoms with E-state index in [0.29, 0.717) is 22.5 Å². The highest BCUT2D eigenvalue weighted by molar-refractivity contribution is 5.79. The second-order valence-corrected chi connectivity index (χ2v) is 9.36. The first kappa shape index (κ1) is 15.0. The fourth-order valence-electron chi connectivity index (χ4n) is 7.47. The van der Waals surface area contributed by atoms with Crippen molar-refractivity contribution in [1.29, 1.82) is 0 Å². The number of Topliss-reactive ketones (excluding diaryl/α,β-unsaturated/α-hetero) is 1. The molecule has 4 rings (SSSR count). The standard InChI is InChI=1S/C21H32O/c1-4-14-6-8-18-17-7-5-15-13-16(22)9-11-21(15,3)19(17)10-12-20(14,18)2/h4,14-15,17-19H,1,5-13H2,2-3H3/t14-,15?,17?,18?,19?,20+,21-/m0/s1. The van der Waals surface area contributed by atoms with Gasteiger partial charge in [-0.15, -0.1) is 6.58 Å². The number of carbonyl (C=O) groups excluding carboxylic acids is 1. The Balaban J connectivity index is 1.63. The Kier molecular flexibility index (Phi) is 3.37. The van der Waals surface area contributed by atoms with Crippen molar-refractivity contribution < 1.29 is 4.79 Å². The lowest BCUT2D eigenvalue weighted by Gasteiger charge is -2.60. The summed E-state index contributed by atoms with van der Waals surface area (Å²) < 4.78 is 0. The summed E-state index contributed by atoms with van der Waals surface area (Å²) in [6.45, 7) is 9.24. The van der Waals surface area contributed by atoms with E-state index >= 15 is 0 Å². The Morgan fingerprint density at radius 1 is 1.00 bits per heavy atom. The topological polar surface area (TPSA) is 17.1 Å². The van der Waals surface area contributed by atoms with Crippen LogP contribution >= 0.6 is 0 Å². The first-order valence-electron chi connectivity index (χ1n) is 9.63. The minimum Gasteiger partial charge on any atom is -0.300 e. The lowest BCUT2D eigenvalue weighted by atomic mass is 9.45. The van der Waals surface area contributed by atoms with Crippen LogP contribution in [-0.2, 0) is 4.79 Å². The Labute approximate surface area is 135 Å². The molecule has 1 heteroatoms. The smallest absolute Gasteiger partial charge is 0.133 e. The maximum atomic E-state index is 11.9. The lowest BCUT2D eigenvalue weighted by molar-refractivity contribution is -0.138. The predicted molar refractivity (Wildman–Crippen MR) is 90.4 cm³/mol. The van der Waals surface area contributed by atoms with Gasteiger partial charge in [-0.05, 0) is 85.4 Å². The van der Waals surface area contributed by atoms with Gasteiger partial charge in [0, 0.05) is 12.8 Å². The van der Waals surface area contributed by atoms with E-state index in [-0.39, 0.29) is 0 Å². The third kappa shape index (κ3) is 1.86. The molecule has 0 aromatic rings. The third-order valence-electron chi connectivity index (χ3n) is 8.84. The molecule has 4 unspecified atom stereocenters. The molecule has 0 bridgehead atoms. The molecule has 0 aromatic heterocycles. The van der Waals surface area contributed by atoms with Gasteiger partial charge in [-0.3, -0.25) is 4.79 Å². The van der Waals surface area contributed by atoms with Gasteiger partial charge < -0.3 is 0 Å². The molecular weight excluding hydrogens is 268 g/mol. The van der Waals surface area contributed by atoms with Crippen LogP contribution in [-0.4, -0.2) is 5.78 Å². The highest BCUT2D eigenvalue weighted by atomic mass is 16.1. The zero-order valence-corrected chi connectivity index (χ0v) is 14.4. The minimum atomic E-state index is 0.463. The molecule has 0 aliphatic heterocycles. The molecule has 0 heterocycles. The number of fused-ring (bicyclic) bond motifs is 5. The number of hydrogen-bond donors (Lipinski definition) is 0. The molecule has 4 aliphatic rings. The highest BCUT2D eigenvalue weighted by Gasteiger charge is 2.59. The Hall–Kier alpha value is -0.590. The summed E-state index contributed by atoms with van der Waals surface area (Å²) >= 11 is 0. The molecular formula is C21H32O. The first-order valence-corrected chi connectivity index (χ1v) is 9.63. The molecule has 0 spiro atoms. The summed E-state index contributed by atoms with van der Waals surface area (Å²) in [6.07, 6.45) is 13.5. The van der Waals surface area contributed by atoms with Crippen molar-refractivity contribution in [2.24, 2.45) is 40.4 Å². The fraction of sp³-hybridized carbons (Fsp3) is 0.857. The average Bonchev–Trinajstić information content (AvgIpc) is 2.84. The van der Waals surface area contributed by atoms with Crippen LogP contribution in [0.4, 0.5) is 0 Å². The highest BCUT2D eigenvalue weighted by Crippen LogP contribution is 2.67. The van der Waals surface area contributed by atoms with Crippen LogP contribution < -0.4 is 0 Å². The van der Waals surface area contributed by atoms with Gasteiger partial charge >= 0.3 is 0 Å². The van der Waals surface area contributed by atoms with Crippen molar-refractivity contribution in [3.63, 3.8) is 0 Å². The van der Waals surface area contributed by atoms with Crippen molar-refractivity contribution in [3.05, 3.63) is 12.7 Å². The summed E-state index contributed by atoms with van der Waals surface area (Å²) in [6, 6.07) is 0. The maximum absolute atomic E-state index is 11.9. The zero-order chi connectivity index (χ0) is 15.5. The van der Waals surface area contributed by atoms with Gasteiger partial charge in [-0.2, -0.15) is 0 Å². The fourth-order valence-corrected chi connectivity index (χ4v) is 7.47. The Morgan fingerprint density at radius 2 is 1.77 bits per heavy atom. The first-order chi connectivity index (χ1) is 10.5. The Bertz CT molecular complexity index is 494. The molecule has 0 saturated heterocycles. The van der Waals surface area contributed by atoms with E-state index in [1.807, 2.05) is 0 Å². The average molecular weight is 300 g/mol. The molecule has 0 amide bonds. The van der Waals surface area contributed by atoms with E-state index in [1.54, 1.807) is 0 Å². The molecule has 4 saturated carbocycles. The van der Waals surface area contributed by atoms with Gasteiger partial charge in [0.25, 0.3) is 0 Å². The van der Waals surface area contributed by atoms with E-state index < -0.39 is 0 Å². The van der Waals surface area contributed by atoms with Crippen LogP contribution in [0.1, 0.15) is 71.6 Å². The van der Waals surface area contributed by atoms with Crippen LogP contribution in [0.5, 0.6) is 0 Å². The van der Waals surface area contributed by atoms with Gasteiger partial charge in [0.05, 0.1) is 0 Å². The molecule has 7 atom stereocenters. The van der Waals surface area contributed by atoms with Crippen molar-refractivity contribution in [2.75, 3.05) is 0 Å². The summed E-state index contributed by atoms with van der Waals surface area (Å²) in [4.78, 5) is 11.9. The second kappa shape index (κ2) is 4.95. The number of carbonyl (C=O) groups is 1. The quantitative estimate of drug-likeness (QED) is 0.592. The number of ketones is 1.